The summed E-state index contributed by atoms with van der Waals surface area (Å²) in [5.74, 6) is -10.0. The highest BCUT2D eigenvalue weighted by atomic mass is 19.4. The molecule has 0 fully saturated rings. The number of rotatable bonds is 3. The minimum Gasteiger partial charge on any atom is -0.386 e. The van der Waals surface area contributed by atoms with Gasteiger partial charge in [0, 0.05) is 0 Å². The molecule has 0 amide bonds. The van der Waals surface area contributed by atoms with Gasteiger partial charge in [-0.25, -0.2) is 32.3 Å². The van der Waals surface area contributed by atoms with Crippen LogP contribution in [-0.4, -0.2) is 30.1 Å². The molecule has 2 aliphatic rings. The Morgan fingerprint density at radius 1 is 0.528 bits per heavy atom. The zero-order chi connectivity index (χ0) is 26.2. The van der Waals surface area contributed by atoms with Crippen LogP contribution in [0.25, 0.3) is 0 Å². The zero-order valence-electron chi connectivity index (χ0n) is 17.3. The fraction of sp³-hybridized carbons (Fsp3) is 0.0833. The van der Waals surface area contributed by atoms with Crippen LogP contribution in [0.15, 0.2) is 48.5 Å². The Labute approximate surface area is 196 Å². The average molecular weight is 506 g/mol. The third-order valence-corrected chi connectivity index (χ3v) is 6.01. The van der Waals surface area contributed by atoms with E-state index in [9.17, 15) is 32.3 Å². The van der Waals surface area contributed by atoms with Crippen LogP contribution in [0.5, 0.6) is 0 Å². The van der Waals surface area contributed by atoms with E-state index >= 15 is 13.2 Å². The molecule has 0 saturated carbocycles. The lowest BCUT2D eigenvalue weighted by molar-refractivity contribution is -0.166. The Morgan fingerprint density at radius 3 is 1.31 bits per heavy atom. The van der Waals surface area contributed by atoms with Crippen molar-refractivity contribution in [3.05, 3.63) is 105 Å². The summed E-state index contributed by atoms with van der Waals surface area (Å²) in [5, 5.41) is 0. The molecular weight excluding hydrogens is 498 g/mol. The molecule has 0 aromatic heterocycles. The van der Waals surface area contributed by atoms with Crippen LogP contribution in [0.2, 0.25) is 0 Å². The second-order valence-corrected chi connectivity index (χ2v) is 7.80. The van der Waals surface area contributed by atoms with E-state index in [2.05, 4.69) is 9.47 Å². The number of esters is 4. The van der Waals surface area contributed by atoms with Crippen LogP contribution in [0.3, 0.4) is 0 Å². The Kier molecular flexibility index (Phi) is 4.85. The molecule has 5 rings (SSSR count). The number of alkyl halides is 3. The molecule has 0 unspecified atom stereocenters. The van der Waals surface area contributed by atoms with Crippen molar-refractivity contribution in [2.24, 2.45) is 0 Å². The van der Waals surface area contributed by atoms with E-state index in [0.717, 1.165) is 0 Å². The first-order valence-corrected chi connectivity index (χ1v) is 9.91. The highest BCUT2D eigenvalue weighted by molar-refractivity contribution is 6.17. The number of fused-ring (bicyclic) bond motifs is 2. The van der Waals surface area contributed by atoms with E-state index in [0.29, 0.717) is 48.5 Å². The summed E-state index contributed by atoms with van der Waals surface area (Å²) < 4.78 is 97.5. The topological polar surface area (TPSA) is 86.7 Å². The quantitative estimate of drug-likeness (QED) is 0.223. The van der Waals surface area contributed by atoms with Gasteiger partial charge in [-0.15, -0.1) is 0 Å². The van der Waals surface area contributed by atoms with Crippen LogP contribution in [0.1, 0.15) is 58.1 Å². The van der Waals surface area contributed by atoms with Crippen molar-refractivity contribution in [3.63, 3.8) is 0 Å². The van der Waals surface area contributed by atoms with Gasteiger partial charge in [-0.2, -0.15) is 13.2 Å². The molecule has 0 aliphatic carbocycles. The van der Waals surface area contributed by atoms with E-state index in [4.69, 9.17) is 0 Å². The average Bonchev–Trinajstić information content (AvgIpc) is 3.27. The second kappa shape index (κ2) is 7.51. The molecule has 0 spiro atoms. The lowest BCUT2D eigenvalue weighted by Gasteiger charge is -2.39. The number of ether oxygens (including phenoxy) is 2. The molecule has 0 bridgehead atoms. The number of hydrogen-bond acceptors (Lipinski definition) is 6. The van der Waals surface area contributed by atoms with Gasteiger partial charge in [-0.05, 0) is 41.0 Å². The molecule has 182 valence electrons. The van der Waals surface area contributed by atoms with Gasteiger partial charge in [0.15, 0.2) is 0 Å². The summed E-state index contributed by atoms with van der Waals surface area (Å²) in [6.45, 7) is 0. The normalized spacial score (nSPS) is 15.1. The van der Waals surface area contributed by atoms with Crippen LogP contribution in [0.4, 0.5) is 26.3 Å². The minimum absolute atomic E-state index is 0.477. The number of halogens is 6. The third-order valence-electron chi connectivity index (χ3n) is 6.01. The fourth-order valence-corrected chi connectivity index (χ4v) is 4.60. The van der Waals surface area contributed by atoms with Crippen molar-refractivity contribution in [1.82, 2.24) is 0 Å². The van der Waals surface area contributed by atoms with E-state index < -0.39 is 91.9 Å². The molecule has 2 aliphatic heterocycles. The molecule has 0 atom stereocenters. The monoisotopic (exact) mass is 506 g/mol. The summed E-state index contributed by atoms with van der Waals surface area (Å²) in [7, 11) is 0. The maximum absolute atomic E-state index is 15.4. The fourth-order valence-electron chi connectivity index (χ4n) is 4.60. The van der Waals surface area contributed by atoms with Crippen LogP contribution in [0, 0.1) is 17.5 Å². The van der Waals surface area contributed by atoms with Gasteiger partial charge in [0.25, 0.3) is 0 Å². The van der Waals surface area contributed by atoms with Gasteiger partial charge >= 0.3 is 30.1 Å². The minimum atomic E-state index is -5.53. The molecule has 6 nitrogen and oxygen atoms in total. The largest absolute Gasteiger partial charge is 0.406 e. The molecule has 0 N–H and O–H groups in total. The Hall–Kier alpha value is -4.48. The molecule has 3 aromatic carbocycles. The maximum atomic E-state index is 15.4. The number of carbonyl (C=O) groups excluding carboxylic acids is 4. The standard InChI is InChI=1S/C24H8F6O6/c25-10-3-1-9(2-4-10)23(24(28,29)30,11-5-7-13(26)17-15(11)19(31)35-21(17)33)12-6-8-14(27)18-16(12)20(32)36-22(18)34/h1-8H. The first-order chi connectivity index (χ1) is 16.9. The second-order valence-electron chi connectivity index (χ2n) is 7.80. The zero-order valence-corrected chi connectivity index (χ0v) is 17.3. The first kappa shape index (κ1) is 23.3. The Morgan fingerprint density at radius 2 is 0.917 bits per heavy atom. The maximum Gasteiger partial charge on any atom is 0.406 e. The van der Waals surface area contributed by atoms with Crippen molar-refractivity contribution in [3.8, 4) is 0 Å². The van der Waals surface area contributed by atoms with Crippen LogP contribution in [-0.2, 0) is 14.9 Å². The van der Waals surface area contributed by atoms with Crippen molar-refractivity contribution < 1.29 is 55.0 Å². The SMILES string of the molecule is O=C1OC(=O)c2c(C(c3ccc(F)cc3)(c3ccc(F)c4c3C(=O)OC4=O)C(F)(F)F)ccc(F)c21. The molecule has 0 radical (unpaired) electrons. The summed E-state index contributed by atoms with van der Waals surface area (Å²) in [6, 6.07) is 4.70. The summed E-state index contributed by atoms with van der Waals surface area (Å²) in [4.78, 5) is 49.2. The van der Waals surface area contributed by atoms with Gasteiger partial charge in [0.1, 0.15) is 34.0 Å². The molecule has 2 heterocycles. The van der Waals surface area contributed by atoms with E-state index in [-0.39, 0.29) is 0 Å². The van der Waals surface area contributed by atoms with Crippen molar-refractivity contribution >= 4 is 23.9 Å². The van der Waals surface area contributed by atoms with E-state index in [1.807, 2.05) is 0 Å². The summed E-state index contributed by atoms with van der Waals surface area (Å²) in [5.41, 5.74) is -11.0. The number of carbonyl (C=O) groups is 4. The lowest BCUT2D eigenvalue weighted by atomic mass is 9.65. The Balaban J connectivity index is 2.03. The third kappa shape index (κ3) is 2.93. The van der Waals surface area contributed by atoms with Crippen LogP contribution < -0.4 is 0 Å². The van der Waals surface area contributed by atoms with Crippen molar-refractivity contribution in [1.29, 1.82) is 0 Å². The smallest absolute Gasteiger partial charge is 0.386 e. The molecule has 3 aromatic rings. The van der Waals surface area contributed by atoms with E-state index in [1.54, 1.807) is 0 Å². The van der Waals surface area contributed by atoms with E-state index in [1.165, 1.54) is 0 Å². The van der Waals surface area contributed by atoms with Gasteiger partial charge in [0.05, 0.1) is 11.1 Å². The van der Waals surface area contributed by atoms with Gasteiger partial charge in [-0.1, -0.05) is 24.3 Å². The highest BCUT2D eigenvalue weighted by Gasteiger charge is 2.63. The molecule has 36 heavy (non-hydrogen) atoms. The highest BCUT2D eigenvalue weighted by Crippen LogP contribution is 2.55. The first-order valence-electron chi connectivity index (χ1n) is 9.91. The van der Waals surface area contributed by atoms with Crippen LogP contribution >= 0.6 is 0 Å². The predicted octanol–water partition coefficient (Wildman–Crippen LogP) is 4.62. The summed E-state index contributed by atoms with van der Waals surface area (Å²) in [6.07, 6.45) is -5.53. The Bertz CT molecular complexity index is 1440. The number of hydrogen-bond donors (Lipinski definition) is 0. The molecular formula is C24H8F6O6. The van der Waals surface area contributed by atoms with Gasteiger partial charge < -0.3 is 9.47 Å². The predicted molar refractivity (Wildman–Crippen MR) is 105 cm³/mol. The van der Waals surface area contributed by atoms with Gasteiger partial charge in [0.2, 0.25) is 0 Å². The molecule has 12 heteroatoms. The van der Waals surface area contributed by atoms with Crippen molar-refractivity contribution in [2.75, 3.05) is 0 Å². The summed E-state index contributed by atoms with van der Waals surface area (Å²) >= 11 is 0. The van der Waals surface area contributed by atoms with Crippen molar-refractivity contribution in [2.45, 2.75) is 11.6 Å². The number of cyclic esters (lactones) is 4. The van der Waals surface area contributed by atoms with Gasteiger partial charge in [-0.3, -0.25) is 0 Å². The lowest BCUT2D eigenvalue weighted by Crippen LogP contribution is -2.46. The molecule has 0 saturated heterocycles. The number of benzene rings is 3.